The minimum atomic E-state index is -0.423. The highest BCUT2D eigenvalue weighted by atomic mass is 32.1. The van der Waals surface area contributed by atoms with E-state index in [2.05, 4.69) is 41.6 Å². The first-order chi connectivity index (χ1) is 18.6. The molecule has 1 spiro atoms. The number of rotatable bonds is 6. The number of nitrogens with zero attached hydrogens (tertiary/aromatic N) is 5. The third kappa shape index (κ3) is 6.48. The average molecular weight is 550 g/mol. The second-order valence-electron chi connectivity index (χ2n) is 11.9. The third-order valence-corrected chi connectivity index (χ3v) is 8.55. The fourth-order valence-electron chi connectivity index (χ4n) is 5.39. The van der Waals surface area contributed by atoms with E-state index in [-0.39, 0.29) is 16.9 Å². The second-order valence-corrected chi connectivity index (χ2v) is 12.7. The molecule has 1 aromatic heterocycles. The molecule has 3 aliphatic rings. The maximum absolute atomic E-state index is 12.7. The van der Waals surface area contributed by atoms with Gasteiger partial charge in [-0.1, -0.05) is 39.5 Å². The number of piperidine rings is 1. The van der Waals surface area contributed by atoms with E-state index in [1.54, 1.807) is 11.0 Å². The summed E-state index contributed by atoms with van der Waals surface area (Å²) in [6.07, 6.45) is 7.66. The van der Waals surface area contributed by atoms with Crippen molar-refractivity contribution in [1.82, 2.24) is 19.2 Å². The van der Waals surface area contributed by atoms with Gasteiger partial charge in [0.25, 0.3) is 5.91 Å². The summed E-state index contributed by atoms with van der Waals surface area (Å²) < 4.78 is 11.0. The van der Waals surface area contributed by atoms with Gasteiger partial charge in [-0.2, -0.15) is 4.37 Å². The summed E-state index contributed by atoms with van der Waals surface area (Å²) >= 11 is 1.52. The van der Waals surface area contributed by atoms with Crippen LogP contribution in [0.1, 0.15) is 79.6 Å². The van der Waals surface area contributed by atoms with Gasteiger partial charge in [0.1, 0.15) is 22.2 Å². The van der Waals surface area contributed by atoms with E-state index < -0.39 is 6.10 Å². The monoisotopic (exact) mass is 549 g/mol. The SMILES string of the molecule is C=CC(=N/C=C1\CCC2(CCN(Cc3nc(C(C)(C)C)ns3)CC2)O1)c1ccc(C(=O)N2CC[C@@H](O)C2)cc1. The number of carbonyl (C=O) groups excluding carboxylic acids is 1. The topological polar surface area (TPSA) is 91.2 Å². The van der Waals surface area contributed by atoms with Crippen LogP contribution in [0.5, 0.6) is 0 Å². The van der Waals surface area contributed by atoms with Crippen molar-refractivity contribution >= 4 is 23.2 Å². The van der Waals surface area contributed by atoms with Crippen molar-refractivity contribution in [3.63, 3.8) is 0 Å². The standard InChI is InChI=1S/C30H39N5O3S/c1-5-25(21-6-8-22(9-7-21)27(37)35-15-11-23(36)19-35)31-18-24-10-12-30(38-24)13-16-34(17-14-30)20-26-32-28(33-39-26)29(2,3)4/h5-9,18,23,36H,1,10-17,19-20H2,2-4H3/b24-18+,31-25?/t23-/m1/s1. The van der Waals surface area contributed by atoms with E-state index in [0.29, 0.717) is 25.1 Å². The Labute approximate surface area is 235 Å². The van der Waals surface area contributed by atoms with Gasteiger partial charge in [-0.05, 0) is 55.4 Å². The van der Waals surface area contributed by atoms with Crippen molar-refractivity contribution in [3.05, 3.63) is 70.8 Å². The van der Waals surface area contributed by atoms with Crippen LogP contribution >= 0.6 is 11.5 Å². The first kappa shape index (κ1) is 27.7. The first-order valence-corrected chi connectivity index (χ1v) is 14.6. The van der Waals surface area contributed by atoms with Gasteiger partial charge in [-0.15, -0.1) is 0 Å². The molecule has 0 unspecified atom stereocenters. The van der Waals surface area contributed by atoms with Crippen molar-refractivity contribution in [2.45, 2.75) is 76.5 Å². The lowest BCUT2D eigenvalue weighted by molar-refractivity contribution is -0.0202. The van der Waals surface area contributed by atoms with E-state index in [1.165, 1.54) is 11.5 Å². The molecule has 3 aliphatic heterocycles. The molecule has 1 N–H and O–H groups in total. The summed E-state index contributed by atoms with van der Waals surface area (Å²) in [5.74, 6) is 1.80. The number of benzene rings is 1. The van der Waals surface area contributed by atoms with Crippen molar-refractivity contribution in [2.24, 2.45) is 4.99 Å². The molecule has 4 heterocycles. The quantitative estimate of drug-likeness (QED) is 0.525. The Kier molecular flexibility index (Phi) is 8.03. The first-order valence-electron chi connectivity index (χ1n) is 13.9. The summed E-state index contributed by atoms with van der Waals surface area (Å²) in [6, 6.07) is 7.42. The highest BCUT2D eigenvalue weighted by Gasteiger charge is 2.41. The Morgan fingerprint density at radius 2 is 1.92 bits per heavy atom. The zero-order valence-corrected chi connectivity index (χ0v) is 24.0. The summed E-state index contributed by atoms with van der Waals surface area (Å²) in [7, 11) is 0. The van der Waals surface area contributed by atoms with E-state index in [1.807, 2.05) is 30.5 Å². The fraction of sp³-hybridized carbons (Fsp3) is 0.533. The van der Waals surface area contributed by atoms with Gasteiger partial charge in [0.15, 0.2) is 0 Å². The van der Waals surface area contributed by atoms with Crippen molar-refractivity contribution in [1.29, 1.82) is 0 Å². The van der Waals surface area contributed by atoms with Crippen LogP contribution in [-0.2, 0) is 16.7 Å². The van der Waals surface area contributed by atoms with Crippen LogP contribution in [0.2, 0.25) is 0 Å². The zero-order valence-electron chi connectivity index (χ0n) is 23.2. The molecule has 208 valence electrons. The Morgan fingerprint density at radius 1 is 1.21 bits per heavy atom. The van der Waals surface area contributed by atoms with Gasteiger partial charge < -0.3 is 14.7 Å². The van der Waals surface area contributed by atoms with Gasteiger partial charge in [0.2, 0.25) is 0 Å². The van der Waals surface area contributed by atoms with Crippen molar-refractivity contribution in [2.75, 3.05) is 26.2 Å². The van der Waals surface area contributed by atoms with E-state index in [0.717, 1.165) is 73.2 Å². The van der Waals surface area contributed by atoms with Crippen LogP contribution in [0.3, 0.4) is 0 Å². The molecule has 0 saturated carbocycles. The molecule has 2 aromatic rings. The molecule has 5 rings (SSSR count). The minimum absolute atomic E-state index is 0.0177. The number of hydrogen-bond donors (Lipinski definition) is 1. The normalized spacial score (nSPS) is 23.0. The van der Waals surface area contributed by atoms with Gasteiger partial charge in [0.05, 0.1) is 24.6 Å². The van der Waals surface area contributed by atoms with Crippen LogP contribution in [0, 0.1) is 0 Å². The largest absolute Gasteiger partial charge is 0.490 e. The molecular formula is C30H39N5O3S. The smallest absolute Gasteiger partial charge is 0.253 e. The maximum atomic E-state index is 12.7. The molecular weight excluding hydrogens is 510 g/mol. The number of allylic oxidation sites excluding steroid dienone is 2. The molecule has 0 bridgehead atoms. The van der Waals surface area contributed by atoms with Gasteiger partial charge >= 0.3 is 0 Å². The molecule has 0 aliphatic carbocycles. The highest BCUT2D eigenvalue weighted by Crippen LogP contribution is 2.41. The number of ether oxygens (including phenoxy) is 1. The molecule has 3 saturated heterocycles. The Hall–Kier alpha value is -2.88. The maximum Gasteiger partial charge on any atom is 0.253 e. The van der Waals surface area contributed by atoms with Crippen molar-refractivity contribution in [3.8, 4) is 0 Å². The van der Waals surface area contributed by atoms with Gasteiger partial charge in [0, 0.05) is 49.1 Å². The molecule has 9 heteroatoms. The molecule has 1 aromatic carbocycles. The summed E-state index contributed by atoms with van der Waals surface area (Å²) in [6.45, 7) is 14.2. The number of aliphatic imine (C=N–C) groups is 1. The third-order valence-electron chi connectivity index (χ3n) is 7.86. The van der Waals surface area contributed by atoms with E-state index in [4.69, 9.17) is 9.72 Å². The second kappa shape index (κ2) is 11.3. The molecule has 39 heavy (non-hydrogen) atoms. The summed E-state index contributed by atoms with van der Waals surface area (Å²) in [5, 5.41) is 10.8. The van der Waals surface area contributed by atoms with E-state index >= 15 is 0 Å². The number of aromatic nitrogens is 2. The number of likely N-dealkylation sites (tertiary alicyclic amines) is 2. The predicted octanol–water partition coefficient (Wildman–Crippen LogP) is 4.70. The lowest BCUT2D eigenvalue weighted by atomic mass is 9.88. The Morgan fingerprint density at radius 3 is 2.54 bits per heavy atom. The predicted molar refractivity (Wildman–Crippen MR) is 154 cm³/mol. The molecule has 1 amide bonds. The zero-order chi connectivity index (χ0) is 27.6. The van der Waals surface area contributed by atoms with Gasteiger partial charge in [-0.25, -0.2) is 4.98 Å². The molecule has 3 fully saturated rings. The minimum Gasteiger partial charge on any atom is -0.490 e. The lowest BCUT2D eigenvalue weighted by Crippen LogP contribution is -2.43. The number of carbonyl (C=O) groups is 1. The van der Waals surface area contributed by atoms with Crippen molar-refractivity contribution < 1.29 is 14.6 Å². The summed E-state index contributed by atoms with van der Waals surface area (Å²) in [5.41, 5.74) is 2.13. The van der Waals surface area contributed by atoms with Crippen LogP contribution in [0.25, 0.3) is 0 Å². The number of aliphatic hydroxyl groups is 1. The number of aliphatic hydroxyl groups excluding tert-OH is 1. The lowest BCUT2D eigenvalue weighted by Gasteiger charge is -2.38. The highest BCUT2D eigenvalue weighted by molar-refractivity contribution is 7.05. The van der Waals surface area contributed by atoms with Crippen LogP contribution in [0.4, 0.5) is 0 Å². The van der Waals surface area contributed by atoms with E-state index in [9.17, 15) is 9.90 Å². The number of amides is 1. The molecule has 0 radical (unpaired) electrons. The Bertz CT molecular complexity index is 1250. The van der Waals surface area contributed by atoms with Crippen LogP contribution < -0.4 is 0 Å². The van der Waals surface area contributed by atoms with Crippen LogP contribution in [0.15, 0.2) is 53.9 Å². The molecule has 1 atom stereocenters. The number of β-amino-alcohol motifs (C(OH)–C–C–N with tert-alkyl or cyclic N) is 1. The fourth-order valence-corrected chi connectivity index (χ4v) is 6.26. The average Bonchev–Trinajstić information content (AvgIpc) is 3.66. The van der Waals surface area contributed by atoms with Crippen LogP contribution in [-0.4, -0.2) is 73.8 Å². The molecule has 8 nitrogen and oxygen atoms in total. The Balaban J connectivity index is 1.16. The van der Waals surface area contributed by atoms with Gasteiger partial charge in [-0.3, -0.25) is 14.7 Å². The number of hydrogen-bond acceptors (Lipinski definition) is 8. The summed E-state index contributed by atoms with van der Waals surface area (Å²) in [4.78, 5) is 26.3.